The van der Waals surface area contributed by atoms with E-state index < -0.39 is 24.4 Å². The van der Waals surface area contributed by atoms with Crippen LogP contribution >= 0.6 is 15.9 Å². The summed E-state index contributed by atoms with van der Waals surface area (Å²) in [7, 11) is 0. The molecule has 4 nitrogen and oxygen atoms in total. The van der Waals surface area contributed by atoms with E-state index in [0.29, 0.717) is 21.1 Å². The number of carbonyl (C=O) groups is 1. The standard InChI is InChI=1S/C17H12BrF3N2O2.CH4/c18-12-5-6-14-13(7-12)22-16(17(19,20)21)23(14)8-10-1-3-11(4-2-10)15(25)9-24;/h1-7,24H,8-9H2;1H4. The highest BCUT2D eigenvalue weighted by Gasteiger charge is 2.37. The maximum atomic E-state index is 13.3. The van der Waals surface area contributed by atoms with Gasteiger partial charge in [0.1, 0.15) is 6.61 Å². The highest BCUT2D eigenvalue weighted by atomic mass is 79.9. The molecule has 138 valence electrons. The summed E-state index contributed by atoms with van der Waals surface area (Å²) in [5, 5.41) is 8.84. The number of Topliss-reactive ketones (excluding diaryl/α,β-unsaturated/α-hetero) is 1. The third-order valence-electron chi connectivity index (χ3n) is 3.72. The van der Waals surface area contributed by atoms with Crippen molar-refractivity contribution in [3.63, 3.8) is 0 Å². The lowest BCUT2D eigenvalue weighted by Crippen LogP contribution is -2.15. The predicted octanol–water partition coefficient (Wildman–Crippen LogP) is 4.68. The van der Waals surface area contributed by atoms with Crippen LogP contribution < -0.4 is 0 Å². The third-order valence-corrected chi connectivity index (χ3v) is 4.22. The van der Waals surface area contributed by atoms with Gasteiger partial charge in [-0.25, -0.2) is 4.98 Å². The van der Waals surface area contributed by atoms with Gasteiger partial charge in [-0.05, 0) is 23.8 Å². The Kier molecular flexibility index (Phi) is 5.87. The Morgan fingerprint density at radius 3 is 2.38 bits per heavy atom. The van der Waals surface area contributed by atoms with Crippen molar-refractivity contribution in [1.29, 1.82) is 0 Å². The quantitative estimate of drug-likeness (QED) is 0.613. The van der Waals surface area contributed by atoms with Crippen LogP contribution in [0.25, 0.3) is 11.0 Å². The van der Waals surface area contributed by atoms with Gasteiger partial charge in [0.05, 0.1) is 11.0 Å². The van der Waals surface area contributed by atoms with Gasteiger partial charge in [-0.1, -0.05) is 47.6 Å². The smallest absolute Gasteiger partial charge is 0.388 e. The van der Waals surface area contributed by atoms with Gasteiger partial charge in [0.2, 0.25) is 5.82 Å². The van der Waals surface area contributed by atoms with Crippen LogP contribution in [0.4, 0.5) is 13.2 Å². The molecule has 3 rings (SSSR count). The Labute approximate surface area is 156 Å². The maximum Gasteiger partial charge on any atom is 0.449 e. The van der Waals surface area contributed by atoms with Gasteiger partial charge in [-0.3, -0.25) is 4.79 Å². The second-order valence-electron chi connectivity index (χ2n) is 5.43. The van der Waals surface area contributed by atoms with Crippen molar-refractivity contribution in [3.05, 3.63) is 63.9 Å². The van der Waals surface area contributed by atoms with E-state index in [1.807, 2.05) is 0 Å². The van der Waals surface area contributed by atoms with Crippen molar-refractivity contribution in [3.8, 4) is 0 Å². The van der Waals surface area contributed by atoms with E-state index in [9.17, 15) is 18.0 Å². The van der Waals surface area contributed by atoms with Crippen molar-refractivity contribution < 1.29 is 23.1 Å². The Morgan fingerprint density at radius 2 is 1.81 bits per heavy atom. The molecule has 0 aliphatic carbocycles. The zero-order chi connectivity index (χ0) is 18.2. The van der Waals surface area contributed by atoms with Gasteiger partial charge in [0.15, 0.2) is 5.78 Å². The molecule has 1 heterocycles. The van der Waals surface area contributed by atoms with E-state index in [0.717, 1.165) is 4.57 Å². The number of aliphatic hydroxyl groups is 1. The molecular formula is C18H16BrF3N2O2. The first-order valence-corrected chi connectivity index (χ1v) is 8.05. The zero-order valence-electron chi connectivity index (χ0n) is 12.7. The second-order valence-corrected chi connectivity index (χ2v) is 6.35. The molecule has 8 heteroatoms. The number of hydrogen-bond acceptors (Lipinski definition) is 3. The first kappa shape index (κ1) is 20.1. The van der Waals surface area contributed by atoms with E-state index in [-0.39, 0.29) is 19.5 Å². The number of nitrogens with zero attached hydrogens (tertiary/aromatic N) is 2. The average molecular weight is 429 g/mol. The number of fused-ring (bicyclic) bond motifs is 1. The minimum absolute atomic E-state index is 0. The molecule has 26 heavy (non-hydrogen) atoms. The third kappa shape index (κ3) is 3.96. The summed E-state index contributed by atoms with van der Waals surface area (Å²) in [6.07, 6.45) is -4.59. The van der Waals surface area contributed by atoms with Crippen molar-refractivity contribution in [2.75, 3.05) is 6.61 Å². The molecule has 1 N–H and O–H groups in total. The lowest BCUT2D eigenvalue weighted by atomic mass is 10.1. The van der Waals surface area contributed by atoms with Crippen LogP contribution in [-0.4, -0.2) is 27.0 Å². The van der Waals surface area contributed by atoms with E-state index in [4.69, 9.17) is 5.11 Å². The van der Waals surface area contributed by atoms with Gasteiger partial charge in [-0.15, -0.1) is 0 Å². The Hall–Kier alpha value is -2.19. The fourth-order valence-electron chi connectivity index (χ4n) is 2.55. The van der Waals surface area contributed by atoms with Crippen molar-refractivity contribution in [2.45, 2.75) is 20.1 Å². The second kappa shape index (κ2) is 7.59. The first-order valence-electron chi connectivity index (χ1n) is 7.25. The van der Waals surface area contributed by atoms with E-state index in [1.54, 1.807) is 24.3 Å². The fourth-order valence-corrected chi connectivity index (χ4v) is 2.90. The molecule has 0 unspecified atom stereocenters. The van der Waals surface area contributed by atoms with Crippen molar-refractivity contribution >= 4 is 32.7 Å². The van der Waals surface area contributed by atoms with Crippen LogP contribution in [0.15, 0.2) is 46.9 Å². The minimum atomic E-state index is -4.59. The molecule has 1 aromatic heterocycles. The highest BCUT2D eigenvalue weighted by Crippen LogP contribution is 2.33. The molecular weight excluding hydrogens is 413 g/mol. The number of halogens is 4. The Morgan fingerprint density at radius 1 is 1.15 bits per heavy atom. The van der Waals surface area contributed by atoms with Crippen LogP contribution in [0.3, 0.4) is 0 Å². The zero-order valence-corrected chi connectivity index (χ0v) is 14.3. The molecule has 0 spiro atoms. The van der Waals surface area contributed by atoms with Crippen molar-refractivity contribution in [2.24, 2.45) is 0 Å². The molecule has 0 amide bonds. The van der Waals surface area contributed by atoms with Crippen LogP contribution in [0.2, 0.25) is 0 Å². The van der Waals surface area contributed by atoms with E-state index >= 15 is 0 Å². The SMILES string of the molecule is C.O=C(CO)c1ccc(Cn2c(C(F)(F)F)nc3cc(Br)ccc32)cc1. The molecule has 0 aliphatic heterocycles. The van der Waals surface area contributed by atoms with Gasteiger partial charge in [0, 0.05) is 16.6 Å². The largest absolute Gasteiger partial charge is 0.449 e. The molecule has 0 aliphatic rings. The summed E-state index contributed by atoms with van der Waals surface area (Å²) in [5.41, 5.74) is 1.50. The summed E-state index contributed by atoms with van der Waals surface area (Å²) < 4.78 is 41.8. The summed E-state index contributed by atoms with van der Waals surface area (Å²) in [6, 6.07) is 10.9. The predicted molar refractivity (Wildman–Crippen MR) is 96.1 cm³/mol. The normalized spacial score (nSPS) is 11.4. The fraction of sp³-hybridized carbons (Fsp3) is 0.222. The molecule has 0 bridgehead atoms. The maximum absolute atomic E-state index is 13.3. The van der Waals surface area contributed by atoms with Gasteiger partial charge in [-0.2, -0.15) is 13.2 Å². The first-order chi connectivity index (χ1) is 11.8. The molecule has 0 fully saturated rings. The molecule has 0 saturated carbocycles. The minimum Gasteiger partial charge on any atom is -0.388 e. The number of ketones is 1. The summed E-state index contributed by atoms with van der Waals surface area (Å²) in [6.45, 7) is -0.654. The number of alkyl halides is 3. The number of aliphatic hydroxyl groups excluding tert-OH is 1. The monoisotopic (exact) mass is 428 g/mol. The Bertz CT molecular complexity index is 934. The molecule has 2 aromatic carbocycles. The molecule has 0 atom stereocenters. The number of aromatic nitrogens is 2. The number of imidazole rings is 1. The van der Waals surface area contributed by atoms with Gasteiger partial charge in [0.25, 0.3) is 0 Å². The number of rotatable bonds is 4. The van der Waals surface area contributed by atoms with Crippen LogP contribution in [0.1, 0.15) is 29.2 Å². The summed E-state index contributed by atoms with van der Waals surface area (Å²) in [5.74, 6) is -1.42. The summed E-state index contributed by atoms with van der Waals surface area (Å²) in [4.78, 5) is 15.1. The summed E-state index contributed by atoms with van der Waals surface area (Å²) >= 11 is 3.23. The van der Waals surface area contributed by atoms with Crippen LogP contribution in [-0.2, 0) is 12.7 Å². The average Bonchev–Trinajstić information content (AvgIpc) is 2.92. The number of benzene rings is 2. The Balaban J connectivity index is 0.00000243. The number of hydrogen-bond donors (Lipinski definition) is 1. The number of carbonyl (C=O) groups excluding carboxylic acids is 1. The van der Waals surface area contributed by atoms with E-state index in [1.165, 1.54) is 18.2 Å². The topological polar surface area (TPSA) is 55.1 Å². The molecule has 0 radical (unpaired) electrons. The van der Waals surface area contributed by atoms with Crippen LogP contribution in [0, 0.1) is 0 Å². The van der Waals surface area contributed by atoms with E-state index in [2.05, 4.69) is 20.9 Å². The lowest BCUT2D eigenvalue weighted by Gasteiger charge is -2.12. The van der Waals surface area contributed by atoms with Crippen LogP contribution in [0.5, 0.6) is 0 Å². The lowest BCUT2D eigenvalue weighted by molar-refractivity contribution is -0.146. The molecule has 0 saturated heterocycles. The highest BCUT2D eigenvalue weighted by molar-refractivity contribution is 9.10. The van der Waals surface area contributed by atoms with Crippen molar-refractivity contribution in [1.82, 2.24) is 9.55 Å². The van der Waals surface area contributed by atoms with Gasteiger partial charge >= 0.3 is 6.18 Å². The van der Waals surface area contributed by atoms with Gasteiger partial charge < -0.3 is 9.67 Å². The molecule has 3 aromatic rings.